The summed E-state index contributed by atoms with van der Waals surface area (Å²) in [5.41, 5.74) is 7.26. The quantitative estimate of drug-likeness (QED) is 0.913. The Balaban J connectivity index is 1.79. The second-order valence-corrected chi connectivity index (χ2v) is 5.47. The molecule has 1 heterocycles. The van der Waals surface area contributed by atoms with E-state index < -0.39 is 0 Å². The minimum atomic E-state index is 0.333. The van der Waals surface area contributed by atoms with E-state index >= 15 is 0 Å². The molecule has 100 valence electrons. The summed E-state index contributed by atoms with van der Waals surface area (Å²) in [5.74, 6) is 2.61. The molecule has 0 bridgehead atoms. The van der Waals surface area contributed by atoms with Crippen LogP contribution in [0.15, 0.2) is 30.3 Å². The van der Waals surface area contributed by atoms with Gasteiger partial charge in [-0.25, -0.2) is 0 Å². The largest absolute Gasteiger partial charge is 0.328 e. The lowest BCUT2D eigenvalue weighted by molar-refractivity contribution is 0.609. The fourth-order valence-electron chi connectivity index (χ4n) is 2.91. The maximum atomic E-state index is 5.99. The van der Waals surface area contributed by atoms with E-state index in [9.17, 15) is 0 Å². The van der Waals surface area contributed by atoms with Gasteiger partial charge >= 0.3 is 0 Å². The molecule has 1 aliphatic rings. The number of rotatable bonds is 3. The zero-order valence-electron chi connectivity index (χ0n) is 11.3. The molecule has 4 nitrogen and oxygen atoms in total. The molecule has 1 aromatic heterocycles. The predicted octanol–water partition coefficient (Wildman–Crippen LogP) is 2.00. The fourth-order valence-corrected chi connectivity index (χ4v) is 2.91. The second-order valence-electron chi connectivity index (χ2n) is 5.47. The molecule has 0 aliphatic heterocycles. The van der Waals surface area contributed by atoms with Crippen LogP contribution in [0.5, 0.6) is 0 Å². The number of benzene rings is 1. The molecule has 19 heavy (non-hydrogen) atoms. The molecule has 0 radical (unpaired) electrons. The van der Waals surface area contributed by atoms with Crippen LogP contribution in [0.3, 0.4) is 0 Å². The van der Waals surface area contributed by atoms with E-state index in [-0.39, 0.29) is 0 Å². The Morgan fingerprint density at radius 3 is 2.68 bits per heavy atom. The van der Waals surface area contributed by atoms with Crippen LogP contribution in [0.2, 0.25) is 0 Å². The third-order valence-electron chi connectivity index (χ3n) is 4.04. The fraction of sp³-hybridized carbons (Fsp3) is 0.467. The molecular formula is C15H20N4. The van der Waals surface area contributed by atoms with E-state index in [1.807, 2.05) is 6.07 Å². The van der Waals surface area contributed by atoms with Gasteiger partial charge in [0.2, 0.25) is 0 Å². The molecular weight excluding hydrogens is 236 g/mol. The number of hydrogen-bond acceptors (Lipinski definition) is 3. The highest BCUT2D eigenvalue weighted by Gasteiger charge is 2.27. The summed E-state index contributed by atoms with van der Waals surface area (Å²) >= 11 is 0. The van der Waals surface area contributed by atoms with Gasteiger partial charge < -0.3 is 10.3 Å². The minimum absolute atomic E-state index is 0.333. The van der Waals surface area contributed by atoms with Gasteiger partial charge in [-0.05, 0) is 24.8 Å². The Labute approximate surface area is 113 Å². The van der Waals surface area contributed by atoms with Gasteiger partial charge in [-0.2, -0.15) is 0 Å². The van der Waals surface area contributed by atoms with Gasteiger partial charge in [-0.1, -0.05) is 30.3 Å². The normalized spacial score (nSPS) is 22.8. The van der Waals surface area contributed by atoms with E-state index in [2.05, 4.69) is 46.1 Å². The zero-order chi connectivity index (χ0) is 13.2. The Bertz CT molecular complexity index is 547. The van der Waals surface area contributed by atoms with Gasteiger partial charge in [0.1, 0.15) is 11.6 Å². The van der Waals surface area contributed by atoms with Crippen LogP contribution in [-0.4, -0.2) is 20.8 Å². The zero-order valence-corrected chi connectivity index (χ0v) is 11.3. The van der Waals surface area contributed by atoms with Crippen molar-refractivity contribution in [3.05, 3.63) is 47.5 Å². The highest BCUT2D eigenvalue weighted by Crippen LogP contribution is 2.32. The molecule has 2 atom stereocenters. The van der Waals surface area contributed by atoms with E-state index in [1.54, 1.807) is 0 Å². The maximum absolute atomic E-state index is 5.99. The average Bonchev–Trinajstić information content (AvgIpc) is 2.99. The lowest BCUT2D eigenvalue weighted by Gasteiger charge is -2.09. The highest BCUT2D eigenvalue weighted by atomic mass is 15.3. The van der Waals surface area contributed by atoms with Crippen LogP contribution >= 0.6 is 0 Å². The second kappa shape index (κ2) is 5.13. The predicted molar refractivity (Wildman–Crippen MR) is 74.8 cm³/mol. The first-order valence-corrected chi connectivity index (χ1v) is 6.91. The molecule has 1 saturated carbocycles. The molecule has 1 fully saturated rings. The van der Waals surface area contributed by atoms with E-state index in [4.69, 9.17) is 5.73 Å². The Hall–Kier alpha value is -1.68. The Morgan fingerprint density at radius 1 is 1.21 bits per heavy atom. The summed E-state index contributed by atoms with van der Waals surface area (Å²) in [4.78, 5) is 0. The van der Waals surface area contributed by atoms with Gasteiger partial charge in [0.25, 0.3) is 0 Å². The van der Waals surface area contributed by atoms with Crippen molar-refractivity contribution in [3.63, 3.8) is 0 Å². The van der Waals surface area contributed by atoms with Crippen LogP contribution in [0.25, 0.3) is 0 Å². The molecule has 1 aromatic carbocycles. The van der Waals surface area contributed by atoms with Gasteiger partial charge in [0, 0.05) is 25.4 Å². The smallest absolute Gasteiger partial charge is 0.137 e. The summed E-state index contributed by atoms with van der Waals surface area (Å²) in [5, 5.41) is 8.74. The van der Waals surface area contributed by atoms with E-state index in [0.717, 1.165) is 37.3 Å². The first-order chi connectivity index (χ1) is 9.24. The standard InChI is InChI=1S/C15H20N4/c1-19-14(9-11-5-3-2-4-6-11)17-18-15(19)12-7-8-13(16)10-12/h2-6,12-13H,7-10,16H2,1H3/t12-,13+/m1/s1. The molecule has 4 heteroatoms. The molecule has 0 spiro atoms. The van der Waals surface area contributed by atoms with Crippen molar-refractivity contribution in [2.75, 3.05) is 0 Å². The molecule has 2 aromatic rings. The van der Waals surface area contributed by atoms with Crippen molar-refractivity contribution in [1.82, 2.24) is 14.8 Å². The minimum Gasteiger partial charge on any atom is -0.328 e. The number of hydrogen-bond donors (Lipinski definition) is 1. The summed E-state index contributed by atoms with van der Waals surface area (Å²) in [7, 11) is 2.07. The topological polar surface area (TPSA) is 56.7 Å². The van der Waals surface area contributed by atoms with Gasteiger partial charge in [-0.3, -0.25) is 0 Å². The lowest BCUT2D eigenvalue weighted by atomic mass is 10.1. The monoisotopic (exact) mass is 256 g/mol. The summed E-state index contributed by atoms with van der Waals surface area (Å²) in [6.45, 7) is 0. The van der Waals surface area contributed by atoms with E-state index in [0.29, 0.717) is 12.0 Å². The van der Waals surface area contributed by atoms with Crippen molar-refractivity contribution in [2.45, 2.75) is 37.6 Å². The van der Waals surface area contributed by atoms with Gasteiger partial charge in [0.15, 0.2) is 0 Å². The van der Waals surface area contributed by atoms with Crippen molar-refractivity contribution in [1.29, 1.82) is 0 Å². The Morgan fingerprint density at radius 2 is 2.00 bits per heavy atom. The molecule has 1 aliphatic carbocycles. The van der Waals surface area contributed by atoms with Gasteiger partial charge in [0.05, 0.1) is 0 Å². The van der Waals surface area contributed by atoms with Crippen molar-refractivity contribution in [3.8, 4) is 0 Å². The van der Waals surface area contributed by atoms with Crippen molar-refractivity contribution < 1.29 is 0 Å². The summed E-state index contributed by atoms with van der Waals surface area (Å²) in [6, 6.07) is 10.7. The number of nitrogens with zero attached hydrogens (tertiary/aromatic N) is 3. The number of nitrogens with two attached hydrogens (primary N) is 1. The SMILES string of the molecule is Cn1c(Cc2ccccc2)nnc1[C@@H]1CC[C@H](N)C1. The number of aromatic nitrogens is 3. The van der Waals surface area contributed by atoms with Crippen LogP contribution in [0.1, 0.15) is 42.4 Å². The maximum Gasteiger partial charge on any atom is 0.137 e. The van der Waals surface area contributed by atoms with Crippen LogP contribution in [0, 0.1) is 0 Å². The van der Waals surface area contributed by atoms with Crippen molar-refractivity contribution in [2.24, 2.45) is 12.8 Å². The lowest BCUT2D eigenvalue weighted by Crippen LogP contribution is -2.15. The molecule has 3 rings (SSSR count). The third-order valence-corrected chi connectivity index (χ3v) is 4.04. The first kappa shape index (κ1) is 12.4. The molecule has 0 saturated heterocycles. The third kappa shape index (κ3) is 2.54. The molecule has 0 unspecified atom stereocenters. The Kier molecular flexibility index (Phi) is 3.34. The highest BCUT2D eigenvalue weighted by molar-refractivity contribution is 5.19. The molecule has 0 amide bonds. The van der Waals surface area contributed by atoms with Crippen LogP contribution < -0.4 is 5.73 Å². The average molecular weight is 256 g/mol. The van der Waals surface area contributed by atoms with Crippen molar-refractivity contribution >= 4 is 0 Å². The van der Waals surface area contributed by atoms with E-state index in [1.165, 1.54) is 5.56 Å². The first-order valence-electron chi connectivity index (χ1n) is 6.91. The van der Waals surface area contributed by atoms with Crippen LogP contribution in [0.4, 0.5) is 0 Å². The molecule has 2 N–H and O–H groups in total. The summed E-state index contributed by atoms with van der Waals surface area (Å²) < 4.78 is 2.15. The van der Waals surface area contributed by atoms with Crippen LogP contribution in [-0.2, 0) is 13.5 Å². The van der Waals surface area contributed by atoms with Gasteiger partial charge in [-0.15, -0.1) is 10.2 Å². The summed E-state index contributed by atoms with van der Waals surface area (Å²) in [6.07, 6.45) is 4.12.